The maximum absolute atomic E-state index is 12.0. The summed E-state index contributed by atoms with van der Waals surface area (Å²) in [6.07, 6.45) is 1.49. The normalized spacial score (nSPS) is 10.6. The highest BCUT2D eigenvalue weighted by molar-refractivity contribution is 5.95. The number of furan rings is 1. The van der Waals surface area contributed by atoms with Crippen LogP contribution in [0.3, 0.4) is 0 Å². The minimum absolute atomic E-state index is 0.104. The van der Waals surface area contributed by atoms with Gasteiger partial charge in [0.25, 0.3) is 5.91 Å². The van der Waals surface area contributed by atoms with Crippen LogP contribution in [-0.2, 0) is 13.6 Å². The predicted molar refractivity (Wildman–Crippen MR) is 69.5 cm³/mol. The summed E-state index contributed by atoms with van der Waals surface area (Å²) in [6, 6.07) is 1.41. The second-order valence-corrected chi connectivity index (χ2v) is 4.44. The molecule has 1 amide bonds. The third kappa shape index (κ3) is 2.56. The van der Waals surface area contributed by atoms with Gasteiger partial charge in [-0.25, -0.2) is 4.79 Å². The summed E-state index contributed by atoms with van der Waals surface area (Å²) in [5.41, 5.74) is 1.34. The lowest BCUT2D eigenvalue weighted by molar-refractivity contribution is 0.0694. The van der Waals surface area contributed by atoms with Gasteiger partial charge in [0.15, 0.2) is 0 Å². The Morgan fingerprint density at radius 2 is 2.10 bits per heavy atom. The van der Waals surface area contributed by atoms with Crippen LogP contribution in [-0.4, -0.2) is 26.8 Å². The van der Waals surface area contributed by atoms with Crippen LogP contribution >= 0.6 is 0 Å². The molecule has 2 aromatic rings. The Morgan fingerprint density at radius 1 is 1.40 bits per heavy atom. The molecule has 0 saturated carbocycles. The minimum Gasteiger partial charge on any atom is -0.478 e. The van der Waals surface area contributed by atoms with E-state index in [0.717, 1.165) is 5.69 Å². The number of nitrogens with zero attached hydrogens (tertiary/aromatic N) is 2. The molecule has 20 heavy (non-hydrogen) atoms. The first-order chi connectivity index (χ1) is 9.40. The first-order valence-corrected chi connectivity index (χ1v) is 5.99. The number of carboxylic acids is 1. The van der Waals surface area contributed by atoms with Gasteiger partial charge in [0.1, 0.15) is 17.1 Å². The number of aromatic carboxylic acids is 1. The lowest BCUT2D eigenvalue weighted by Crippen LogP contribution is -2.23. The van der Waals surface area contributed by atoms with Crippen molar-refractivity contribution in [3.63, 3.8) is 0 Å². The topological polar surface area (TPSA) is 97.4 Å². The van der Waals surface area contributed by atoms with E-state index in [1.54, 1.807) is 25.6 Å². The Hall–Kier alpha value is -2.57. The van der Waals surface area contributed by atoms with Crippen LogP contribution in [0, 0.1) is 13.8 Å². The van der Waals surface area contributed by atoms with E-state index in [1.807, 2.05) is 0 Å². The van der Waals surface area contributed by atoms with Gasteiger partial charge in [-0.15, -0.1) is 0 Å². The Labute approximate surface area is 115 Å². The van der Waals surface area contributed by atoms with Gasteiger partial charge >= 0.3 is 5.97 Å². The fourth-order valence-corrected chi connectivity index (χ4v) is 1.83. The van der Waals surface area contributed by atoms with Crippen molar-refractivity contribution in [2.24, 2.45) is 7.05 Å². The van der Waals surface area contributed by atoms with Gasteiger partial charge in [-0.2, -0.15) is 5.10 Å². The monoisotopic (exact) mass is 277 g/mol. The quantitative estimate of drug-likeness (QED) is 0.876. The summed E-state index contributed by atoms with van der Waals surface area (Å²) in [7, 11) is 1.75. The molecule has 2 aromatic heterocycles. The number of nitrogens with one attached hydrogen (secondary N) is 1. The Balaban J connectivity index is 2.05. The summed E-state index contributed by atoms with van der Waals surface area (Å²) >= 11 is 0. The number of carbonyl (C=O) groups excluding carboxylic acids is 1. The maximum Gasteiger partial charge on any atom is 0.339 e. The highest BCUT2D eigenvalue weighted by Crippen LogP contribution is 2.14. The molecule has 0 atom stereocenters. The molecule has 0 fully saturated rings. The summed E-state index contributed by atoms with van der Waals surface area (Å²) in [6.45, 7) is 3.49. The Kier molecular flexibility index (Phi) is 3.60. The van der Waals surface area contributed by atoms with Crippen molar-refractivity contribution in [2.45, 2.75) is 20.4 Å². The summed E-state index contributed by atoms with van der Waals surface area (Å²) in [4.78, 5) is 22.8. The summed E-state index contributed by atoms with van der Waals surface area (Å²) < 4.78 is 6.89. The largest absolute Gasteiger partial charge is 0.478 e. The molecular weight excluding hydrogens is 262 g/mol. The van der Waals surface area contributed by atoms with Gasteiger partial charge < -0.3 is 14.8 Å². The second-order valence-electron chi connectivity index (χ2n) is 4.44. The molecule has 2 N–H and O–H groups in total. The van der Waals surface area contributed by atoms with Gasteiger partial charge in [-0.3, -0.25) is 9.48 Å². The molecule has 0 spiro atoms. The van der Waals surface area contributed by atoms with Crippen LogP contribution < -0.4 is 5.32 Å². The molecule has 0 bridgehead atoms. The van der Waals surface area contributed by atoms with Gasteiger partial charge in [0.05, 0.1) is 18.3 Å². The Bertz CT molecular complexity index is 669. The zero-order valence-corrected chi connectivity index (χ0v) is 11.4. The van der Waals surface area contributed by atoms with Crippen LogP contribution in [0.4, 0.5) is 0 Å². The van der Waals surface area contributed by atoms with E-state index in [-0.39, 0.29) is 18.0 Å². The minimum atomic E-state index is -1.05. The van der Waals surface area contributed by atoms with Crippen LogP contribution in [0.1, 0.15) is 37.9 Å². The third-order valence-corrected chi connectivity index (χ3v) is 3.10. The first-order valence-electron chi connectivity index (χ1n) is 5.99. The lowest BCUT2D eigenvalue weighted by Gasteiger charge is -2.02. The third-order valence-electron chi connectivity index (χ3n) is 3.10. The van der Waals surface area contributed by atoms with Crippen molar-refractivity contribution < 1.29 is 19.1 Å². The lowest BCUT2D eigenvalue weighted by atomic mass is 10.2. The van der Waals surface area contributed by atoms with Crippen molar-refractivity contribution in [2.75, 3.05) is 0 Å². The van der Waals surface area contributed by atoms with E-state index < -0.39 is 5.97 Å². The molecule has 0 aliphatic heterocycles. The van der Waals surface area contributed by atoms with Crippen molar-refractivity contribution >= 4 is 11.9 Å². The van der Waals surface area contributed by atoms with E-state index in [9.17, 15) is 9.59 Å². The summed E-state index contributed by atoms with van der Waals surface area (Å²) in [5.74, 6) is -0.609. The molecule has 0 aromatic carbocycles. The summed E-state index contributed by atoms with van der Waals surface area (Å²) in [5, 5.41) is 15.6. The number of amides is 1. The average molecular weight is 277 g/mol. The fraction of sp³-hybridized carbons (Fsp3) is 0.308. The molecular formula is C13H15N3O4. The highest BCUT2D eigenvalue weighted by Gasteiger charge is 2.16. The van der Waals surface area contributed by atoms with E-state index in [2.05, 4.69) is 10.4 Å². The number of aryl methyl sites for hydroxylation is 2. The number of hydrogen-bond donors (Lipinski definition) is 2. The molecule has 0 radical (unpaired) electrons. The van der Waals surface area contributed by atoms with Crippen molar-refractivity contribution in [3.05, 3.63) is 40.6 Å². The molecule has 7 nitrogen and oxygen atoms in total. The molecule has 2 heterocycles. The molecule has 2 rings (SSSR count). The molecule has 0 aliphatic carbocycles. The maximum atomic E-state index is 12.0. The van der Waals surface area contributed by atoms with Crippen molar-refractivity contribution in [1.29, 1.82) is 0 Å². The van der Waals surface area contributed by atoms with E-state index >= 15 is 0 Å². The van der Waals surface area contributed by atoms with E-state index in [4.69, 9.17) is 9.52 Å². The Morgan fingerprint density at radius 3 is 2.60 bits per heavy atom. The van der Waals surface area contributed by atoms with Crippen molar-refractivity contribution in [1.82, 2.24) is 15.1 Å². The van der Waals surface area contributed by atoms with Crippen LogP contribution in [0.2, 0.25) is 0 Å². The number of aromatic nitrogens is 2. The SMILES string of the molecule is Cc1oc(CNC(=O)c2cnn(C)c2C)cc1C(=O)O. The number of hydrogen-bond acceptors (Lipinski definition) is 4. The molecule has 0 unspecified atom stereocenters. The van der Waals surface area contributed by atoms with Crippen LogP contribution in [0.5, 0.6) is 0 Å². The molecule has 0 saturated heterocycles. The zero-order chi connectivity index (χ0) is 14.9. The second kappa shape index (κ2) is 5.20. The number of carboxylic acid groups (broad SMARTS) is 1. The highest BCUT2D eigenvalue weighted by atomic mass is 16.4. The molecule has 0 aliphatic rings. The van der Waals surface area contributed by atoms with Gasteiger partial charge in [0, 0.05) is 12.7 Å². The standard InChI is InChI=1S/C13H15N3O4/c1-7-11(6-15-16(7)3)12(17)14-5-9-4-10(13(18)19)8(2)20-9/h4,6H,5H2,1-3H3,(H,14,17)(H,18,19). The zero-order valence-electron chi connectivity index (χ0n) is 11.4. The number of carbonyl (C=O) groups is 2. The first kappa shape index (κ1) is 13.9. The number of rotatable bonds is 4. The van der Waals surface area contributed by atoms with E-state index in [0.29, 0.717) is 17.1 Å². The van der Waals surface area contributed by atoms with Crippen LogP contribution in [0.15, 0.2) is 16.7 Å². The van der Waals surface area contributed by atoms with Gasteiger partial charge in [0.2, 0.25) is 0 Å². The van der Waals surface area contributed by atoms with Gasteiger partial charge in [-0.05, 0) is 19.9 Å². The van der Waals surface area contributed by atoms with Gasteiger partial charge in [-0.1, -0.05) is 0 Å². The molecule has 106 valence electrons. The van der Waals surface area contributed by atoms with Crippen LogP contribution in [0.25, 0.3) is 0 Å². The fourth-order valence-electron chi connectivity index (χ4n) is 1.83. The predicted octanol–water partition coefficient (Wildman–Crippen LogP) is 1.26. The average Bonchev–Trinajstić information content (AvgIpc) is 2.91. The van der Waals surface area contributed by atoms with Crippen molar-refractivity contribution in [3.8, 4) is 0 Å². The van der Waals surface area contributed by atoms with E-state index in [1.165, 1.54) is 12.3 Å². The smallest absolute Gasteiger partial charge is 0.339 e. The molecule has 7 heteroatoms.